The van der Waals surface area contributed by atoms with Crippen LogP contribution in [-0.2, 0) is 4.74 Å². The van der Waals surface area contributed by atoms with Crippen LogP contribution in [-0.4, -0.2) is 44.0 Å². The van der Waals surface area contributed by atoms with Crippen LogP contribution in [0, 0.1) is 6.92 Å². The number of aromatic nitrogens is 4. The molecule has 1 fully saturated rings. The Morgan fingerprint density at radius 1 is 1.15 bits per heavy atom. The number of hydrogen-bond acceptors (Lipinski definition) is 4. The predicted molar refractivity (Wildman–Crippen MR) is 133 cm³/mol. The lowest BCUT2D eigenvalue weighted by Gasteiger charge is -2.26. The summed E-state index contributed by atoms with van der Waals surface area (Å²) in [6, 6.07) is 15.7. The zero-order chi connectivity index (χ0) is 23.2. The molecule has 1 aliphatic heterocycles. The van der Waals surface area contributed by atoms with E-state index < -0.39 is 5.97 Å². The summed E-state index contributed by atoms with van der Waals surface area (Å²) in [6.45, 7) is 3.46. The summed E-state index contributed by atoms with van der Waals surface area (Å²) < 4.78 is 7.99. The van der Waals surface area contributed by atoms with Gasteiger partial charge in [0.25, 0.3) is 0 Å². The molecule has 0 bridgehead atoms. The number of nitrogens with one attached hydrogen (secondary N) is 1. The molecule has 0 unspecified atom stereocenters. The first-order chi connectivity index (χ1) is 16.6. The second-order valence-electron chi connectivity index (χ2n) is 8.85. The summed E-state index contributed by atoms with van der Waals surface area (Å²) in [4.78, 5) is 15.9. The highest BCUT2D eigenvalue weighted by Crippen LogP contribution is 2.44. The second-order valence-corrected chi connectivity index (χ2v) is 8.85. The Labute approximate surface area is 197 Å². The van der Waals surface area contributed by atoms with Gasteiger partial charge in [-0.3, -0.25) is 10.1 Å². The van der Waals surface area contributed by atoms with Crippen molar-refractivity contribution in [1.82, 2.24) is 19.7 Å². The Kier molecular flexibility index (Phi) is 4.92. The summed E-state index contributed by atoms with van der Waals surface area (Å²) >= 11 is 0. The third-order valence-corrected chi connectivity index (χ3v) is 6.73. The maximum Gasteiger partial charge on any atom is 0.335 e. The third-order valence-electron chi connectivity index (χ3n) is 6.73. The van der Waals surface area contributed by atoms with E-state index in [0.29, 0.717) is 5.92 Å². The number of aromatic carboxylic acids is 1. The van der Waals surface area contributed by atoms with Gasteiger partial charge in [0, 0.05) is 60.2 Å². The molecule has 0 atom stereocenters. The van der Waals surface area contributed by atoms with E-state index >= 15 is 0 Å². The van der Waals surface area contributed by atoms with Crippen molar-refractivity contribution in [2.24, 2.45) is 0 Å². The van der Waals surface area contributed by atoms with Gasteiger partial charge < -0.3 is 14.4 Å². The van der Waals surface area contributed by atoms with Crippen molar-refractivity contribution in [3.05, 3.63) is 77.9 Å². The Hall–Kier alpha value is -3.97. The fraction of sp³-hybridized carbons (Fsp3) is 0.222. The Balaban J connectivity index is 0.00000253. The van der Waals surface area contributed by atoms with E-state index in [1.165, 1.54) is 11.3 Å². The minimum atomic E-state index is -0.930. The van der Waals surface area contributed by atoms with Gasteiger partial charge in [0.05, 0.1) is 22.8 Å². The highest BCUT2D eigenvalue weighted by Gasteiger charge is 2.28. The molecule has 34 heavy (non-hydrogen) atoms. The van der Waals surface area contributed by atoms with Gasteiger partial charge >= 0.3 is 5.97 Å². The number of nitrogens with zero attached hydrogens (tertiary/aromatic N) is 3. The maximum absolute atomic E-state index is 11.5. The van der Waals surface area contributed by atoms with E-state index in [4.69, 9.17) is 4.74 Å². The van der Waals surface area contributed by atoms with Crippen LogP contribution in [0.3, 0.4) is 0 Å². The topological polar surface area (TPSA) is 93.0 Å². The quantitative estimate of drug-likeness (QED) is 0.363. The summed E-state index contributed by atoms with van der Waals surface area (Å²) in [7, 11) is 0. The summed E-state index contributed by atoms with van der Waals surface area (Å²) in [6.07, 6.45) is 5.57. The lowest BCUT2D eigenvalue weighted by atomic mass is 9.90. The van der Waals surface area contributed by atoms with Gasteiger partial charge in [0.1, 0.15) is 0 Å². The highest BCUT2D eigenvalue weighted by atomic mass is 16.5. The number of rotatable bonds is 4. The van der Waals surface area contributed by atoms with E-state index in [1.54, 1.807) is 12.1 Å². The van der Waals surface area contributed by atoms with E-state index in [0.717, 1.165) is 64.8 Å². The van der Waals surface area contributed by atoms with Crippen LogP contribution in [0.5, 0.6) is 0 Å². The summed E-state index contributed by atoms with van der Waals surface area (Å²) in [5, 5.41) is 18.9. The van der Waals surface area contributed by atoms with Gasteiger partial charge in [0.15, 0.2) is 0 Å². The van der Waals surface area contributed by atoms with Crippen LogP contribution in [0.15, 0.2) is 60.9 Å². The molecule has 5 aromatic rings. The molecule has 2 N–H and O–H groups in total. The molecule has 1 aliphatic rings. The standard InChI is InChI=1S/C27H24N4O3.H2/c1-16-12-19(6-9-28-16)25-22-13-20-15-29-30-23(20)14-24(22)31(26(25)17-7-10-34-11-8-17)21-4-2-18(3-5-21)27(32)33;/h2-6,9,12-15,17H,7-8,10-11H2,1H3,(H,29,30)(H,32,33);1H. The van der Waals surface area contributed by atoms with Crippen LogP contribution in [0.2, 0.25) is 0 Å². The molecule has 0 amide bonds. The number of pyridine rings is 1. The zero-order valence-electron chi connectivity index (χ0n) is 18.8. The fourth-order valence-corrected chi connectivity index (χ4v) is 5.14. The molecule has 6 rings (SSSR count). The van der Waals surface area contributed by atoms with Crippen molar-refractivity contribution < 1.29 is 16.1 Å². The van der Waals surface area contributed by atoms with Gasteiger partial charge in [-0.05, 0) is 73.9 Å². The molecule has 7 nitrogen and oxygen atoms in total. The average molecular weight is 455 g/mol. The number of ether oxygens (including phenoxy) is 1. The number of H-pyrrole nitrogens is 1. The molecule has 0 aliphatic carbocycles. The van der Waals surface area contributed by atoms with Gasteiger partial charge in [0.2, 0.25) is 0 Å². The number of carboxylic acids is 1. The molecule has 0 radical (unpaired) electrons. The predicted octanol–water partition coefficient (Wildman–Crippen LogP) is 5.72. The molecular weight excluding hydrogens is 428 g/mol. The lowest BCUT2D eigenvalue weighted by Crippen LogP contribution is -2.17. The molecule has 0 saturated carbocycles. The monoisotopic (exact) mass is 454 g/mol. The minimum Gasteiger partial charge on any atom is -0.478 e. The minimum absolute atomic E-state index is 0. The molecule has 7 heteroatoms. The van der Waals surface area contributed by atoms with Crippen molar-refractivity contribution in [3.8, 4) is 16.8 Å². The second kappa shape index (κ2) is 8.11. The van der Waals surface area contributed by atoms with Gasteiger partial charge in [-0.1, -0.05) is 0 Å². The van der Waals surface area contributed by atoms with E-state index in [9.17, 15) is 9.90 Å². The Morgan fingerprint density at radius 2 is 1.94 bits per heavy atom. The molecule has 4 heterocycles. The van der Waals surface area contributed by atoms with Crippen molar-refractivity contribution in [2.45, 2.75) is 25.7 Å². The Morgan fingerprint density at radius 3 is 2.68 bits per heavy atom. The smallest absolute Gasteiger partial charge is 0.335 e. The normalized spacial score (nSPS) is 14.7. The summed E-state index contributed by atoms with van der Waals surface area (Å²) in [5.41, 5.74) is 7.75. The van der Waals surface area contributed by atoms with Crippen LogP contribution < -0.4 is 0 Å². The number of hydrogen-bond donors (Lipinski definition) is 2. The van der Waals surface area contributed by atoms with E-state index in [-0.39, 0.29) is 6.99 Å². The number of benzene rings is 2. The van der Waals surface area contributed by atoms with Crippen molar-refractivity contribution >= 4 is 27.8 Å². The van der Waals surface area contributed by atoms with Crippen LogP contribution in [0.4, 0.5) is 0 Å². The number of aromatic amines is 1. The largest absolute Gasteiger partial charge is 0.478 e. The highest BCUT2D eigenvalue weighted by molar-refractivity contribution is 6.05. The van der Waals surface area contributed by atoms with Gasteiger partial charge in [-0.15, -0.1) is 0 Å². The van der Waals surface area contributed by atoms with Crippen molar-refractivity contribution in [2.75, 3.05) is 13.2 Å². The first-order valence-electron chi connectivity index (χ1n) is 11.5. The molecule has 172 valence electrons. The van der Waals surface area contributed by atoms with Gasteiger partial charge in [-0.2, -0.15) is 5.10 Å². The Bertz CT molecular complexity index is 1530. The van der Waals surface area contributed by atoms with Crippen LogP contribution in [0.1, 0.15) is 41.9 Å². The van der Waals surface area contributed by atoms with E-state index in [1.807, 2.05) is 31.5 Å². The first-order valence-corrected chi connectivity index (χ1v) is 11.5. The zero-order valence-corrected chi connectivity index (χ0v) is 18.8. The molecule has 2 aromatic carbocycles. The number of aryl methyl sites for hydroxylation is 1. The third kappa shape index (κ3) is 3.36. The SMILES string of the molecule is Cc1cc(-c2c(C3CCOCC3)n(-c3ccc(C(=O)O)cc3)c3cc4[nH]ncc4cc23)ccn1.[HH]. The van der Waals surface area contributed by atoms with Crippen molar-refractivity contribution in [1.29, 1.82) is 0 Å². The average Bonchev–Trinajstić information content (AvgIpc) is 3.45. The molecule has 3 aromatic heterocycles. The molecule has 0 spiro atoms. The first kappa shape index (κ1) is 20.6. The number of carboxylic acid groups (broad SMARTS) is 1. The number of carbonyl (C=O) groups is 1. The van der Waals surface area contributed by atoms with Crippen LogP contribution >= 0.6 is 0 Å². The number of fused-ring (bicyclic) bond motifs is 2. The maximum atomic E-state index is 11.5. The fourth-order valence-electron chi connectivity index (χ4n) is 5.14. The lowest BCUT2D eigenvalue weighted by molar-refractivity contribution is 0.0697. The van der Waals surface area contributed by atoms with Crippen LogP contribution in [0.25, 0.3) is 38.6 Å². The molecule has 1 saturated heterocycles. The van der Waals surface area contributed by atoms with Gasteiger partial charge in [-0.25, -0.2) is 4.79 Å². The summed E-state index contributed by atoms with van der Waals surface area (Å²) in [5.74, 6) is -0.624. The molecular formula is C27H26N4O3. The van der Waals surface area contributed by atoms with E-state index in [2.05, 4.69) is 44.0 Å². The van der Waals surface area contributed by atoms with Crippen molar-refractivity contribution in [3.63, 3.8) is 0 Å².